The molecule has 1 aliphatic carbocycles. The Morgan fingerprint density at radius 2 is 1.85 bits per heavy atom. The molecule has 20 heavy (non-hydrogen) atoms. The van der Waals surface area contributed by atoms with Crippen LogP contribution in [0, 0.1) is 0 Å². The lowest BCUT2D eigenvalue weighted by molar-refractivity contribution is 0.202. The molecule has 1 N–H and O–H groups in total. The number of hydrogen-bond donors (Lipinski definition) is 1. The van der Waals surface area contributed by atoms with Crippen molar-refractivity contribution < 1.29 is 0 Å². The number of rotatable bonds is 3. The molecule has 2 atom stereocenters. The molecule has 1 aromatic carbocycles. The van der Waals surface area contributed by atoms with Crippen molar-refractivity contribution in [2.45, 2.75) is 57.0 Å². The third-order valence-corrected chi connectivity index (χ3v) is 5.48. The molecule has 0 amide bonds. The summed E-state index contributed by atoms with van der Waals surface area (Å²) in [6.07, 6.45) is 9.41. The smallest absolute Gasteiger partial charge is 0.0501 e. The lowest BCUT2D eigenvalue weighted by Crippen LogP contribution is -2.39. The van der Waals surface area contributed by atoms with Gasteiger partial charge in [0, 0.05) is 6.04 Å². The summed E-state index contributed by atoms with van der Waals surface area (Å²) >= 11 is 0. The number of nitrogens with one attached hydrogen (secondary N) is 1. The third kappa shape index (κ3) is 2.29. The zero-order valence-corrected chi connectivity index (χ0v) is 12.4. The Labute approximate surface area is 122 Å². The van der Waals surface area contributed by atoms with Gasteiger partial charge >= 0.3 is 0 Å². The maximum Gasteiger partial charge on any atom is 0.0501 e. The van der Waals surface area contributed by atoms with Gasteiger partial charge in [-0.2, -0.15) is 0 Å². The molecule has 4 rings (SSSR count). The summed E-state index contributed by atoms with van der Waals surface area (Å²) in [6.45, 7) is 3.79. The fraction of sp³-hybridized carbons (Fsp3) is 0.667. The van der Waals surface area contributed by atoms with Crippen molar-refractivity contribution in [2.24, 2.45) is 0 Å². The van der Waals surface area contributed by atoms with Crippen LogP contribution in [0.1, 0.15) is 54.8 Å². The second kappa shape index (κ2) is 5.50. The molecule has 108 valence electrons. The molecule has 2 fully saturated rings. The average Bonchev–Trinajstić information content (AvgIpc) is 3.22. The SMILES string of the molecule is c1cc2c(cc1C(C1CCCN1)N1CCCC1)CCC2. The van der Waals surface area contributed by atoms with Crippen LogP contribution in [0.4, 0.5) is 0 Å². The quantitative estimate of drug-likeness (QED) is 0.908. The first kappa shape index (κ1) is 12.8. The summed E-state index contributed by atoms with van der Waals surface area (Å²) < 4.78 is 0. The number of benzene rings is 1. The van der Waals surface area contributed by atoms with Gasteiger partial charge in [0.2, 0.25) is 0 Å². The first-order chi connectivity index (χ1) is 9.92. The van der Waals surface area contributed by atoms with Crippen molar-refractivity contribution in [3.8, 4) is 0 Å². The summed E-state index contributed by atoms with van der Waals surface area (Å²) in [4.78, 5) is 2.74. The fourth-order valence-corrected chi connectivity index (χ4v) is 4.47. The van der Waals surface area contributed by atoms with E-state index in [0.29, 0.717) is 12.1 Å². The summed E-state index contributed by atoms with van der Waals surface area (Å²) in [6, 6.07) is 8.66. The molecule has 1 aromatic rings. The Kier molecular flexibility index (Phi) is 3.53. The lowest BCUT2D eigenvalue weighted by Gasteiger charge is -2.33. The molecular weight excluding hydrogens is 244 g/mol. The van der Waals surface area contributed by atoms with Gasteiger partial charge in [0.05, 0.1) is 6.04 Å². The maximum atomic E-state index is 3.76. The number of aryl methyl sites for hydroxylation is 2. The van der Waals surface area contributed by atoms with Crippen molar-refractivity contribution in [1.82, 2.24) is 10.2 Å². The number of hydrogen-bond acceptors (Lipinski definition) is 2. The average molecular weight is 270 g/mol. The van der Waals surface area contributed by atoms with E-state index in [4.69, 9.17) is 0 Å². The summed E-state index contributed by atoms with van der Waals surface area (Å²) in [5.41, 5.74) is 4.81. The summed E-state index contributed by atoms with van der Waals surface area (Å²) in [5.74, 6) is 0. The van der Waals surface area contributed by atoms with Crippen LogP contribution in [-0.4, -0.2) is 30.6 Å². The van der Waals surface area contributed by atoms with Crippen LogP contribution in [0.25, 0.3) is 0 Å². The molecule has 2 heteroatoms. The normalized spacial score (nSPS) is 27.9. The van der Waals surface area contributed by atoms with Crippen LogP contribution in [0.5, 0.6) is 0 Å². The highest BCUT2D eigenvalue weighted by Gasteiger charge is 2.32. The molecule has 0 saturated carbocycles. The molecule has 2 nitrogen and oxygen atoms in total. The van der Waals surface area contributed by atoms with Crippen molar-refractivity contribution in [3.63, 3.8) is 0 Å². The molecule has 0 bridgehead atoms. The standard InChI is InChI=1S/C18H26N2/c1-2-12-20(11-1)18(17-7-4-10-19-17)16-9-8-14-5-3-6-15(14)13-16/h8-9,13,17-19H,1-7,10-12H2. The molecular formula is C18H26N2. The molecule has 2 unspecified atom stereocenters. The Bertz CT molecular complexity index is 454. The van der Waals surface area contributed by atoms with Crippen LogP contribution >= 0.6 is 0 Å². The van der Waals surface area contributed by atoms with E-state index in [1.54, 1.807) is 16.7 Å². The highest BCUT2D eigenvalue weighted by atomic mass is 15.2. The van der Waals surface area contributed by atoms with Crippen LogP contribution in [-0.2, 0) is 12.8 Å². The highest BCUT2D eigenvalue weighted by molar-refractivity contribution is 5.37. The van der Waals surface area contributed by atoms with E-state index < -0.39 is 0 Å². The van der Waals surface area contributed by atoms with Crippen LogP contribution in [0.15, 0.2) is 18.2 Å². The first-order valence-electron chi connectivity index (χ1n) is 8.51. The monoisotopic (exact) mass is 270 g/mol. The molecule has 2 saturated heterocycles. The summed E-state index contributed by atoms with van der Waals surface area (Å²) in [7, 11) is 0. The zero-order chi connectivity index (χ0) is 13.4. The van der Waals surface area contributed by atoms with E-state index >= 15 is 0 Å². The van der Waals surface area contributed by atoms with Crippen molar-refractivity contribution in [3.05, 3.63) is 34.9 Å². The first-order valence-corrected chi connectivity index (χ1v) is 8.51. The number of fused-ring (bicyclic) bond motifs is 1. The Morgan fingerprint density at radius 3 is 2.65 bits per heavy atom. The van der Waals surface area contributed by atoms with E-state index in [2.05, 4.69) is 28.4 Å². The van der Waals surface area contributed by atoms with Crippen molar-refractivity contribution in [1.29, 1.82) is 0 Å². The van der Waals surface area contributed by atoms with Gasteiger partial charge in [-0.15, -0.1) is 0 Å². The van der Waals surface area contributed by atoms with Gasteiger partial charge in [0.15, 0.2) is 0 Å². The number of likely N-dealkylation sites (tertiary alicyclic amines) is 1. The minimum Gasteiger partial charge on any atom is -0.312 e. The Balaban J connectivity index is 1.65. The van der Waals surface area contributed by atoms with E-state index in [1.165, 1.54) is 64.6 Å². The van der Waals surface area contributed by atoms with Gasteiger partial charge in [0.25, 0.3) is 0 Å². The highest BCUT2D eigenvalue weighted by Crippen LogP contribution is 2.34. The maximum absolute atomic E-state index is 3.76. The van der Waals surface area contributed by atoms with E-state index in [-0.39, 0.29) is 0 Å². The Morgan fingerprint density at radius 1 is 1.00 bits per heavy atom. The largest absolute Gasteiger partial charge is 0.312 e. The second-order valence-corrected chi connectivity index (χ2v) is 6.77. The summed E-state index contributed by atoms with van der Waals surface area (Å²) in [5, 5.41) is 3.76. The van der Waals surface area contributed by atoms with Gasteiger partial charge in [-0.25, -0.2) is 0 Å². The van der Waals surface area contributed by atoms with Crippen LogP contribution in [0.2, 0.25) is 0 Å². The Hall–Kier alpha value is -0.860. The molecule has 0 aromatic heterocycles. The van der Waals surface area contributed by atoms with Crippen LogP contribution in [0.3, 0.4) is 0 Å². The minimum absolute atomic E-state index is 0.617. The van der Waals surface area contributed by atoms with Crippen molar-refractivity contribution in [2.75, 3.05) is 19.6 Å². The zero-order valence-electron chi connectivity index (χ0n) is 12.4. The van der Waals surface area contributed by atoms with Gasteiger partial charge in [-0.3, -0.25) is 4.90 Å². The topological polar surface area (TPSA) is 15.3 Å². The van der Waals surface area contributed by atoms with E-state index in [9.17, 15) is 0 Å². The lowest BCUT2D eigenvalue weighted by atomic mass is 9.94. The van der Waals surface area contributed by atoms with Gasteiger partial charge in [0.1, 0.15) is 0 Å². The predicted octanol–water partition coefficient (Wildman–Crippen LogP) is 3.06. The van der Waals surface area contributed by atoms with Gasteiger partial charge in [-0.05, 0) is 81.3 Å². The molecule has 3 aliphatic rings. The van der Waals surface area contributed by atoms with E-state index in [0.717, 1.165) is 0 Å². The number of nitrogens with zero attached hydrogens (tertiary/aromatic N) is 1. The van der Waals surface area contributed by atoms with Crippen LogP contribution < -0.4 is 5.32 Å². The molecule has 0 spiro atoms. The minimum atomic E-state index is 0.617. The molecule has 2 heterocycles. The molecule has 0 radical (unpaired) electrons. The predicted molar refractivity (Wildman–Crippen MR) is 83.0 cm³/mol. The third-order valence-electron chi connectivity index (χ3n) is 5.48. The molecule has 2 aliphatic heterocycles. The van der Waals surface area contributed by atoms with Gasteiger partial charge in [-0.1, -0.05) is 18.2 Å². The van der Waals surface area contributed by atoms with Crippen molar-refractivity contribution >= 4 is 0 Å². The second-order valence-electron chi connectivity index (χ2n) is 6.77. The van der Waals surface area contributed by atoms with E-state index in [1.807, 2.05) is 0 Å². The van der Waals surface area contributed by atoms with Gasteiger partial charge < -0.3 is 5.32 Å². The fourth-order valence-electron chi connectivity index (χ4n) is 4.47.